The maximum absolute atomic E-state index is 10.6. The molecular formula is C10H11Ag2ClN2O2S. The molecular weight excluding hydrogens is 463 g/mol. The first-order valence-corrected chi connectivity index (χ1v) is 4.60. The molecule has 1 aromatic carbocycles. The molecule has 0 saturated heterocycles. The summed E-state index contributed by atoms with van der Waals surface area (Å²) in [6.07, 6.45) is 5.08. The number of rotatable bonds is 1. The van der Waals surface area contributed by atoms with Gasteiger partial charge in [-0.3, -0.25) is 4.79 Å². The number of phenols is 1. The van der Waals surface area contributed by atoms with E-state index in [0.29, 0.717) is 0 Å². The number of nitrogens with one attached hydrogen (secondary N) is 1. The normalized spacial score (nSPS) is 7.39. The van der Waals surface area contributed by atoms with Crippen LogP contribution in [0.4, 0.5) is 0 Å². The van der Waals surface area contributed by atoms with E-state index in [4.69, 9.17) is 5.11 Å². The van der Waals surface area contributed by atoms with E-state index in [0.717, 1.165) is 0 Å². The molecule has 0 aliphatic heterocycles. The van der Waals surface area contributed by atoms with Gasteiger partial charge in [-0.2, -0.15) is 0 Å². The van der Waals surface area contributed by atoms with Crippen LogP contribution >= 0.6 is 25.0 Å². The van der Waals surface area contributed by atoms with Crippen molar-refractivity contribution in [2.45, 2.75) is 0 Å². The Morgan fingerprint density at radius 1 is 1.28 bits per heavy atom. The van der Waals surface area contributed by atoms with Crippen molar-refractivity contribution in [2.24, 2.45) is 0 Å². The third-order valence-electron chi connectivity index (χ3n) is 1.54. The van der Waals surface area contributed by atoms with Gasteiger partial charge in [-0.15, -0.1) is 25.0 Å². The number of thiol groups is 1. The Bertz CT molecular complexity index is 412. The fourth-order valence-electron chi connectivity index (χ4n) is 0.870. The van der Waals surface area contributed by atoms with Crippen LogP contribution in [0.15, 0.2) is 43.0 Å². The molecule has 2 N–H and O–H groups in total. The Balaban J connectivity index is -0.000000245. The Hall–Kier alpha value is 0.0205. The van der Waals surface area contributed by atoms with Gasteiger partial charge in [-0.05, 0) is 12.1 Å². The predicted molar refractivity (Wildman–Crippen MR) is 67.3 cm³/mol. The quantitative estimate of drug-likeness (QED) is 0.439. The Kier molecular flexibility index (Phi) is 17.3. The standard InChI is InChI=1S/C7H6O2S.C3H4N2.2Ag.ClH/c8-6-4-2-1-3-5(6)7(9)10;1-2-5-3-4-1;;;/h1-4,8H,(H,9,10);1-3H,(H,4,5);;;1H. The first-order valence-electron chi connectivity index (χ1n) is 4.16. The Labute approximate surface area is 148 Å². The minimum atomic E-state index is -0.418. The van der Waals surface area contributed by atoms with Crippen molar-refractivity contribution in [2.75, 3.05) is 0 Å². The number of aromatic amines is 1. The number of para-hydroxylation sites is 1. The van der Waals surface area contributed by atoms with Gasteiger partial charge in [0.05, 0.1) is 11.9 Å². The van der Waals surface area contributed by atoms with E-state index in [1.807, 2.05) is 0 Å². The summed E-state index contributed by atoms with van der Waals surface area (Å²) >= 11 is 3.56. The number of hydrogen-bond acceptors (Lipinski definition) is 3. The molecule has 0 atom stereocenters. The molecule has 2 radical (unpaired) electrons. The van der Waals surface area contributed by atoms with Crippen molar-refractivity contribution in [1.82, 2.24) is 9.97 Å². The molecule has 1 heterocycles. The summed E-state index contributed by atoms with van der Waals surface area (Å²) in [5, 5.41) is 8.59. The number of phenolic OH excluding ortho intramolecular Hbond substituents is 1. The number of hydrogen-bond donors (Lipinski definition) is 3. The van der Waals surface area contributed by atoms with Gasteiger partial charge >= 0.3 is 0 Å². The average molecular weight is 474 g/mol. The average Bonchev–Trinajstić information content (AvgIpc) is 2.75. The van der Waals surface area contributed by atoms with E-state index in [2.05, 4.69) is 22.6 Å². The van der Waals surface area contributed by atoms with E-state index in [1.165, 1.54) is 12.1 Å². The number of aromatic nitrogens is 2. The summed E-state index contributed by atoms with van der Waals surface area (Å²) < 4.78 is 0. The number of carbonyl (C=O) groups excluding carboxylic acids is 1. The van der Waals surface area contributed by atoms with Crippen LogP contribution in [0.1, 0.15) is 10.4 Å². The van der Waals surface area contributed by atoms with Gasteiger partial charge < -0.3 is 10.1 Å². The molecule has 4 nitrogen and oxygen atoms in total. The molecule has 0 fully saturated rings. The Morgan fingerprint density at radius 2 is 1.89 bits per heavy atom. The van der Waals surface area contributed by atoms with Gasteiger partial charge in [-0.1, -0.05) is 12.1 Å². The maximum Gasteiger partial charge on any atom is 0.220 e. The van der Waals surface area contributed by atoms with Crippen LogP contribution in [0.25, 0.3) is 0 Å². The number of H-pyrrole nitrogens is 1. The number of benzene rings is 1. The first-order chi connectivity index (χ1) is 7.22. The third-order valence-corrected chi connectivity index (χ3v) is 1.78. The van der Waals surface area contributed by atoms with Crippen molar-refractivity contribution >= 4 is 30.2 Å². The molecule has 8 heteroatoms. The van der Waals surface area contributed by atoms with Gasteiger partial charge in [0.15, 0.2) is 0 Å². The summed E-state index contributed by atoms with van der Waals surface area (Å²) in [4.78, 5) is 17.0. The van der Waals surface area contributed by atoms with Crippen molar-refractivity contribution in [3.63, 3.8) is 0 Å². The second-order valence-corrected chi connectivity index (χ2v) is 2.99. The molecule has 2 aromatic rings. The van der Waals surface area contributed by atoms with Gasteiger partial charge in [0.25, 0.3) is 0 Å². The number of halogens is 1. The first kappa shape index (κ1) is 23.1. The van der Waals surface area contributed by atoms with Crippen LogP contribution in [0.5, 0.6) is 5.75 Å². The van der Waals surface area contributed by atoms with Gasteiger partial charge in [0.2, 0.25) is 5.12 Å². The molecule has 0 aliphatic carbocycles. The van der Waals surface area contributed by atoms with Crippen molar-refractivity contribution < 1.29 is 54.7 Å². The summed E-state index contributed by atoms with van der Waals surface area (Å²) in [6, 6.07) is 6.28. The summed E-state index contributed by atoms with van der Waals surface area (Å²) in [5.74, 6) is -0.0255. The number of carbonyl (C=O) groups is 1. The van der Waals surface area contributed by atoms with E-state index < -0.39 is 5.12 Å². The van der Waals surface area contributed by atoms with Gasteiger partial charge in [0.1, 0.15) is 5.75 Å². The summed E-state index contributed by atoms with van der Waals surface area (Å²) in [7, 11) is 0. The zero-order valence-electron chi connectivity index (χ0n) is 8.80. The van der Waals surface area contributed by atoms with Crippen LogP contribution in [-0.4, -0.2) is 20.2 Å². The monoisotopic (exact) mass is 472 g/mol. The van der Waals surface area contributed by atoms with Gasteiger partial charge in [0, 0.05) is 57.2 Å². The van der Waals surface area contributed by atoms with Crippen LogP contribution in [0, 0.1) is 0 Å². The summed E-state index contributed by atoms with van der Waals surface area (Å²) in [6.45, 7) is 0. The van der Waals surface area contributed by atoms with Crippen molar-refractivity contribution in [3.8, 4) is 5.75 Å². The molecule has 0 bridgehead atoms. The fraction of sp³-hybridized carbons (Fsp3) is 0. The van der Waals surface area contributed by atoms with Crippen LogP contribution in [0.2, 0.25) is 0 Å². The molecule has 0 spiro atoms. The van der Waals surface area contributed by atoms with Crippen LogP contribution in [0.3, 0.4) is 0 Å². The largest absolute Gasteiger partial charge is 0.507 e. The van der Waals surface area contributed by atoms with Crippen molar-refractivity contribution in [1.29, 1.82) is 0 Å². The van der Waals surface area contributed by atoms with Gasteiger partial charge in [-0.25, -0.2) is 4.98 Å². The predicted octanol–water partition coefficient (Wildman–Crippen LogP) is 2.29. The molecule has 18 heavy (non-hydrogen) atoms. The summed E-state index contributed by atoms with van der Waals surface area (Å²) in [5.41, 5.74) is 0.242. The number of imidazole rings is 1. The molecule has 1 aromatic heterocycles. The molecule has 2 rings (SSSR count). The smallest absolute Gasteiger partial charge is 0.220 e. The molecule has 0 amide bonds. The second-order valence-electron chi connectivity index (χ2n) is 2.58. The third kappa shape index (κ3) is 9.02. The zero-order chi connectivity index (χ0) is 11.1. The van der Waals surface area contributed by atoms with Crippen LogP contribution < -0.4 is 0 Å². The minimum absolute atomic E-state index is 0. The molecule has 0 saturated carbocycles. The van der Waals surface area contributed by atoms with E-state index in [9.17, 15) is 4.79 Å². The number of nitrogens with zero attached hydrogens (tertiary/aromatic N) is 1. The van der Waals surface area contributed by atoms with Crippen molar-refractivity contribution in [3.05, 3.63) is 48.5 Å². The molecule has 0 unspecified atom stereocenters. The molecule has 0 aliphatic rings. The zero-order valence-corrected chi connectivity index (χ0v) is 13.5. The number of aromatic hydroxyl groups is 1. The SMILES string of the molecule is Cl.O=C(S)c1ccccc1O.[Ag].[Ag].c1c[nH]cn1. The Morgan fingerprint density at radius 3 is 2.17 bits per heavy atom. The minimum Gasteiger partial charge on any atom is -0.507 e. The maximum atomic E-state index is 10.6. The van der Waals surface area contributed by atoms with E-state index in [-0.39, 0.29) is 68.5 Å². The fourth-order valence-corrected chi connectivity index (χ4v) is 1.06. The topological polar surface area (TPSA) is 66.0 Å². The molecule has 108 valence electrons. The van der Waals surface area contributed by atoms with E-state index >= 15 is 0 Å². The second kappa shape index (κ2) is 13.5. The van der Waals surface area contributed by atoms with E-state index in [1.54, 1.807) is 30.9 Å². The van der Waals surface area contributed by atoms with Crippen LogP contribution in [-0.2, 0) is 44.8 Å².